The number of piperazine rings is 1. The lowest BCUT2D eigenvalue weighted by atomic mass is 10.2. The lowest BCUT2D eigenvalue weighted by Crippen LogP contribution is -2.48. The molecular weight excluding hydrogens is 266 g/mol. The first-order valence-corrected chi connectivity index (χ1v) is 7.08. The van der Waals surface area contributed by atoms with Gasteiger partial charge in [0.25, 0.3) is 5.91 Å². The normalized spacial score (nSPS) is 16.1. The highest BCUT2D eigenvalue weighted by atomic mass is 16.2. The molecule has 0 spiro atoms. The molecule has 3 heterocycles. The van der Waals surface area contributed by atoms with E-state index in [-0.39, 0.29) is 5.91 Å². The van der Waals surface area contributed by atoms with Gasteiger partial charge in [-0.15, -0.1) is 0 Å². The van der Waals surface area contributed by atoms with Crippen molar-refractivity contribution in [3.63, 3.8) is 0 Å². The Morgan fingerprint density at radius 2 is 2.10 bits per heavy atom. The molecule has 1 amide bonds. The number of rotatable bonds is 3. The molecule has 2 aromatic heterocycles. The number of aromatic amines is 1. The lowest BCUT2D eigenvalue weighted by Gasteiger charge is -2.34. The summed E-state index contributed by atoms with van der Waals surface area (Å²) in [6, 6.07) is 7.63. The van der Waals surface area contributed by atoms with E-state index in [1.807, 2.05) is 29.3 Å². The zero-order valence-electron chi connectivity index (χ0n) is 11.8. The van der Waals surface area contributed by atoms with Crippen molar-refractivity contribution in [2.24, 2.45) is 0 Å². The zero-order valence-corrected chi connectivity index (χ0v) is 11.8. The third-order valence-electron chi connectivity index (χ3n) is 3.71. The maximum absolute atomic E-state index is 12.3. The number of carbonyl (C=O) groups is 1. The van der Waals surface area contributed by atoms with Crippen molar-refractivity contribution >= 4 is 11.6 Å². The molecule has 1 aliphatic rings. The Morgan fingerprint density at radius 1 is 1.29 bits per heavy atom. The monoisotopic (exact) mass is 285 g/mol. The molecule has 0 saturated carbocycles. The Labute approximate surface area is 123 Å². The van der Waals surface area contributed by atoms with Crippen LogP contribution in [0.4, 0.5) is 5.69 Å². The van der Waals surface area contributed by atoms with Crippen LogP contribution >= 0.6 is 0 Å². The van der Waals surface area contributed by atoms with Crippen LogP contribution in [0.1, 0.15) is 16.2 Å². The van der Waals surface area contributed by atoms with Crippen LogP contribution in [0.5, 0.6) is 0 Å². The molecule has 3 rings (SSSR count). The van der Waals surface area contributed by atoms with Crippen molar-refractivity contribution in [3.05, 3.63) is 48.0 Å². The van der Waals surface area contributed by atoms with E-state index in [1.165, 1.54) is 0 Å². The standard InChI is InChI=1S/C15H19N5O/c16-12-9-14(18-10-12)15(21)20-7-5-19(6-8-20)11-13-3-1-2-4-17-13/h1-4,9-10,18H,5-8,11,16H2. The van der Waals surface area contributed by atoms with E-state index in [0.717, 1.165) is 38.4 Å². The van der Waals surface area contributed by atoms with Crippen molar-refractivity contribution in [2.45, 2.75) is 6.54 Å². The minimum Gasteiger partial charge on any atom is -0.397 e. The number of nitrogen functional groups attached to an aromatic ring is 1. The van der Waals surface area contributed by atoms with Gasteiger partial charge in [0, 0.05) is 50.8 Å². The minimum absolute atomic E-state index is 0.0178. The van der Waals surface area contributed by atoms with Gasteiger partial charge in [-0.3, -0.25) is 14.7 Å². The Morgan fingerprint density at radius 3 is 2.71 bits per heavy atom. The number of amides is 1. The van der Waals surface area contributed by atoms with Crippen molar-refractivity contribution in [3.8, 4) is 0 Å². The SMILES string of the molecule is Nc1c[nH]c(C(=O)N2CCN(Cc3ccccn3)CC2)c1. The fourth-order valence-corrected chi connectivity index (χ4v) is 2.53. The summed E-state index contributed by atoms with van der Waals surface area (Å²) in [6.07, 6.45) is 3.45. The molecule has 2 aromatic rings. The predicted octanol–water partition coefficient (Wildman–Crippen LogP) is 0.950. The molecule has 0 radical (unpaired) electrons. The molecule has 0 unspecified atom stereocenters. The van der Waals surface area contributed by atoms with Crippen molar-refractivity contribution < 1.29 is 4.79 Å². The first kappa shape index (κ1) is 13.6. The highest BCUT2D eigenvalue weighted by Gasteiger charge is 2.23. The van der Waals surface area contributed by atoms with E-state index >= 15 is 0 Å². The molecule has 0 aromatic carbocycles. The zero-order chi connectivity index (χ0) is 14.7. The van der Waals surface area contributed by atoms with Crippen LogP contribution < -0.4 is 5.73 Å². The van der Waals surface area contributed by atoms with Crippen LogP contribution in [-0.4, -0.2) is 51.9 Å². The number of nitrogens with zero attached hydrogens (tertiary/aromatic N) is 3. The highest BCUT2D eigenvalue weighted by Crippen LogP contribution is 2.12. The second kappa shape index (κ2) is 5.97. The number of nitrogens with two attached hydrogens (primary N) is 1. The summed E-state index contributed by atoms with van der Waals surface area (Å²) in [5.74, 6) is 0.0178. The van der Waals surface area contributed by atoms with Crippen LogP contribution in [0.15, 0.2) is 36.7 Å². The molecule has 1 fully saturated rings. The van der Waals surface area contributed by atoms with Gasteiger partial charge < -0.3 is 15.6 Å². The molecule has 1 aliphatic heterocycles. The second-order valence-electron chi connectivity index (χ2n) is 5.24. The number of anilines is 1. The topological polar surface area (TPSA) is 78.2 Å². The first-order valence-electron chi connectivity index (χ1n) is 7.08. The average Bonchev–Trinajstić information content (AvgIpc) is 2.95. The van der Waals surface area contributed by atoms with Crippen molar-refractivity contribution in [2.75, 3.05) is 31.9 Å². The molecule has 0 aliphatic carbocycles. The number of nitrogens with one attached hydrogen (secondary N) is 1. The molecule has 6 heteroatoms. The molecule has 1 saturated heterocycles. The summed E-state index contributed by atoms with van der Waals surface area (Å²) in [4.78, 5) is 23.7. The number of hydrogen-bond donors (Lipinski definition) is 2. The molecule has 21 heavy (non-hydrogen) atoms. The largest absolute Gasteiger partial charge is 0.397 e. The fraction of sp³-hybridized carbons (Fsp3) is 0.333. The Bertz CT molecular complexity index is 602. The highest BCUT2D eigenvalue weighted by molar-refractivity contribution is 5.93. The van der Waals surface area contributed by atoms with Crippen LogP contribution in [0, 0.1) is 0 Å². The third kappa shape index (κ3) is 3.22. The van der Waals surface area contributed by atoms with E-state index in [1.54, 1.807) is 12.3 Å². The Hall–Kier alpha value is -2.34. The second-order valence-corrected chi connectivity index (χ2v) is 5.24. The summed E-state index contributed by atoms with van der Waals surface area (Å²) >= 11 is 0. The van der Waals surface area contributed by atoms with Gasteiger partial charge >= 0.3 is 0 Å². The Balaban J connectivity index is 1.54. The van der Waals surface area contributed by atoms with Gasteiger partial charge in [0.2, 0.25) is 0 Å². The van der Waals surface area contributed by atoms with E-state index < -0.39 is 0 Å². The van der Waals surface area contributed by atoms with E-state index in [9.17, 15) is 4.79 Å². The van der Waals surface area contributed by atoms with Crippen LogP contribution in [-0.2, 0) is 6.54 Å². The van der Waals surface area contributed by atoms with Crippen molar-refractivity contribution in [1.29, 1.82) is 0 Å². The molecule has 0 atom stereocenters. The lowest BCUT2D eigenvalue weighted by molar-refractivity contribution is 0.0622. The van der Waals surface area contributed by atoms with Gasteiger partial charge in [-0.05, 0) is 18.2 Å². The summed E-state index contributed by atoms with van der Waals surface area (Å²) in [5.41, 5.74) is 7.85. The number of aromatic nitrogens is 2. The quantitative estimate of drug-likeness (QED) is 0.880. The van der Waals surface area contributed by atoms with Crippen molar-refractivity contribution in [1.82, 2.24) is 19.8 Å². The Kier molecular flexibility index (Phi) is 3.87. The van der Waals surface area contributed by atoms with Crippen LogP contribution in [0.3, 0.4) is 0 Å². The molecule has 0 bridgehead atoms. The third-order valence-corrected chi connectivity index (χ3v) is 3.71. The van der Waals surface area contributed by atoms with E-state index in [4.69, 9.17) is 5.73 Å². The summed E-state index contributed by atoms with van der Waals surface area (Å²) in [7, 11) is 0. The van der Waals surface area contributed by atoms with E-state index in [0.29, 0.717) is 11.4 Å². The predicted molar refractivity (Wildman–Crippen MR) is 80.6 cm³/mol. The number of pyridine rings is 1. The van der Waals surface area contributed by atoms with Gasteiger partial charge in [0.15, 0.2) is 0 Å². The summed E-state index contributed by atoms with van der Waals surface area (Å²) < 4.78 is 0. The van der Waals surface area contributed by atoms with Gasteiger partial charge in [-0.1, -0.05) is 6.07 Å². The smallest absolute Gasteiger partial charge is 0.270 e. The maximum atomic E-state index is 12.3. The first-order chi connectivity index (χ1) is 10.2. The van der Waals surface area contributed by atoms with E-state index in [2.05, 4.69) is 14.9 Å². The van der Waals surface area contributed by atoms with Gasteiger partial charge in [0.05, 0.1) is 5.69 Å². The van der Waals surface area contributed by atoms with Crippen LogP contribution in [0.25, 0.3) is 0 Å². The fourth-order valence-electron chi connectivity index (χ4n) is 2.53. The van der Waals surface area contributed by atoms with Crippen LogP contribution in [0.2, 0.25) is 0 Å². The molecule has 6 nitrogen and oxygen atoms in total. The van der Waals surface area contributed by atoms with Gasteiger partial charge in [0.1, 0.15) is 5.69 Å². The number of H-pyrrole nitrogens is 1. The number of hydrogen-bond acceptors (Lipinski definition) is 4. The summed E-state index contributed by atoms with van der Waals surface area (Å²) in [5, 5.41) is 0. The summed E-state index contributed by atoms with van der Waals surface area (Å²) in [6.45, 7) is 4.00. The van der Waals surface area contributed by atoms with Gasteiger partial charge in [-0.2, -0.15) is 0 Å². The number of carbonyl (C=O) groups excluding carboxylic acids is 1. The molecule has 110 valence electrons. The minimum atomic E-state index is 0.0178. The molecule has 3 N–H and O–H groups in total. The average molecular weight is 285 g/mol. The molecular formula is C15H19N5O. The van der Waals surface area contributed by atoms with Gasteiger partial charge in [-0.25, -0.2) is 0 Å². The maximum Gasteiger partial charge on any atom is 0.270 e.